The highest BCUT2D eigenvalue weighted by Gasteiger charge is 2.19. The fraction of sp³-hybridized carbons (Fsp3) is 0.955. The zero-order valence-electron chi connectivity index (χ0n) is 49.6. The maximum absolute atomic E-state index is 12.9. The van der Waals surface area contributed by atoms with E-state index >= 15 is 0 Å². The van der Waals surface area contributed by atoms with E-state index in [1.165, 1.54) is 263 Å². The van der Waals surface area contributed by atoms with Gasteiger partial charge in [0, 0.05) is 19.3 Å². The maximum Gasteiger partial charge on any atom is 0.306 e. The molecule has 0 radical (unpaired) electrons. The van der Waals surface area contributed by atoms with Crippen molar-refractivity contribution < 1.29 is 28.6 Å². The van der Waals surface area contributed by atoms with Crippen LogP contribution in [0.5, 0.6) is 0 Å². The second kappa shape index (κ2) is 58.7. The minimum atomic E-state index is -0.764. The van der Waals surface area contributed by atoms with Crippen molar-refractivity contribution in [2.24, 2.45) is 11.8 Å². The summed E-state index contributed by atoms with van der Waals surface area (Å²) in [5, 5.41) is 0. The standard InChI is InChI=1S/C66H128O6/c1-6-7-8-9-10-11-12-13-14-15-21-26-31-36-41-46-51-56-64(67)70-59-63(72-66(69)58-53-48-43-38-33-28-23-18-20-25-30-35-40-45-50-55-62(4)5)60-71-65(68)57-52-47-42-37-32-27-22-17-16-19-24-29-34-39-44-49-54-61(2)3/h61-63H,6-60H2,1-5H3/t63-/m0/s1. The molecule has 0 heterocycles. The highest BCUT2D eigenvalue weighted by atomic mass is 16.6. The fourth-order valence-corrected chi connectivity index (χ4v) is 10.3. The summed E-state index contributed by atoms with van der Waals surface area (Å²) < 4.78 is 17.0. The molecule has 428 valence electrons. The molecule has 0 unspecified atom stereocenters. The van der Waals surface area contributed by atoms with Gasteiger partial charge < -0.3 is 14.2 Å². The van der Waals surface area contributed by atoms with Crippen molar-refractivity contribution in [2.75, 3.05) is 13.2 Å². The van der Waals surface area contributed by atoms with Gasteiger partial charge in [0.25, 0.3) is 0 Å². The van der Waals surface area contributed by atoms with Crippen LogP contribution in [-0.4, -0.2) is 37.2 Å². The van der Waals surface area contributed by atoms with E-state index in [0.717, 1.165) is 69.6 Å². The minimum Gasteiger partial charge on any atom is -0.462 e. The molecule has 0 saturated carbocycles. The SMILES string of the molecule is CCCCCCCCCCCCCCCCCCCC(=O)OC[C@@H](COC(=O)CCCCCCCCCCCCCCCCCCC(C)C)OC(=O)CCCCCCCCCCCCCCCCCC(C)C. The molecule has 0 aliphatic heterocycles. The highest BCUT2D eigenvalue weighted by Crippen LogP contribution is 2.19. The first-order valence-corrected chi connectivity index (χ1v) is 32.7. The van der Waals surface area contributed by atoms with Crippen molar-refractivity contribution in [1.29, 1.82) is 0 Å². The first-order chi connectivity index (χ1) is 35.2. The van der Waals surface area contributed by atoms with Gasteiger partial charge in [-0.2, -0.15) is 0 Å². The quantitative estimate of drug-likeness (QED) is 0.0343. The van der Waals surface area contributed by atoms with Crippen LogP contribution < -0.4 is 0 Å². The predicted octanol–water partition coefficient (Wildman–Crippen LogP) is 22.0. The highest BCUT2D eigenvalue weighted by molar-refractivity contribution is 5.71. The summed E-state index contributed by atoms with van der Waals surface area (Å²) in [6.07, 6.45) is 65.3. The zero-order valence-corrected chi connectivity index (χ0v) is 49.6. The van der Waals surface area contributed by atoms with E-state index in [1.54, 1.807) is 0 Å². The molecule has 0 saturated heterocycles. The van der Waals surface area contributed by atoms with Crippen molar-refractivity contribution >= 4 is 17.9 Å². The number of esters is 3. The van der Waals surface area contributed by atoms with Gasteiger partial charge in [0.2, 0.25) is 0 Å². The summed E-state index contributed by atoms with van der Waals surface area (Å²) in [5.41, 5.74) is 0. The molecule has 0 bridgehead atoms. The Kier molecular flexibility index (Phi) is 57.4. The van der Waals surface area contributed by atoms with Crippen LogP contribution in [0.25, 0.3) is 0 Å². The largest absolute Gasteiger partial charge is 0.462 e. The lowest BCUT2D eigenvalue weighted by Gasteiger charge is -2.18. The Morgan fingerprint density at radius 1 is 0.264 bits per heavy atom. The molecule has 0 amide bonds. The first kappa shape index (κ1) is 70.4. The zero-order chi connectivity index (χ0) is 52.5. The Morgan fingerprint density at radius 3 is 0.681 bits per heavy atom. The van der Waals surface area contributed by atoms with E-state index in [0.29, 0.717) is 19.3 Å². The summed E-state index contributed by atoms with van der Waals surface area (Å²) >= 11 is 0. The topological polar surface area (TPSA) is 78.9 Å². The van der Waals surface area contributed by atoms with E-state index in [1.807, 2.05) is 0 Å². The van der Waals surface area contributed by atoms with Crippen LogP contribution in [0.15, 0.2) is 0 Å². The molecular weight excluding hydrogens is 889 g/mol. The van der Waals surface area contributed by atoms with Crippen LogP contribution in [0.4, 0.5) is 0 Å². The van der Waals surface area contributed by atoms with Gasteiger partial charge in [0.15, 0.2) is 6.10 Å². The average molecular weight is 1020 g/mol. The average Bonchev–Trinajstić information content (AvgIpc) is 3.36. The number of unbranched alkanes of at least 4 members (excludes halogenated alkanes) is 45. The molecule has 72 heavy (non-hydrogen) atoms. The van der Waals surface area contributed by atoms with Crippen molar-refractivity contribution in [3.05, 3.63) is 0 Å². The number of ether oxygens (including phenoxy) is 3. The smallest absolute Gasteiger partial charge is 0.306 e. The molecule has 0 aromatic carbocycles. The molecule has 0 fully saturated rings. The number of hydrogen-bond acceptors (Lipinski definition) is 6. The summed E-state index contributed by atoms with van der Waals surface area (Å²) in [5.74, 6) is 0.872. The number of rotatable bonds is 60. The van der Waals surface area contributed by atoms with Crippen LogP contribution in [0, 0.1) is 11.8 Å². The third kappa shape index (κ3) is 59.3. The molecule has 0 aliphatic carbocycles. The van der Waals surface area contributed by atoms with Gasteiger partial charge in [-0.1, -0.05) is 336 Å². The molecule has 0 aliphatic rings. The van der Waals surface area contributed by atoms with Crippen LogP contribution in [-0.2, 0) is 28.6 Å². The Labute approximate surface area is 450 Å². The van der Waals surface area contributed by atoms with Gasteiger partial charge >= 0.3 is 17.9 Å². The van der Waals surface area contributed by atoms with Gasteiger partial charge in [0.1, 0.15) is 13.2 Å². The molecule has 0 aromatic rings. The Hall–Kier alpha value is -1.59. The predicted molar refractivity (Wildman–Crippen MR) is 312 cm³/mol. The van der Waals surface area contributed by atoms with Crippen molar-refractivity contribution in [1.82, 2.24) is 0 Å². The van der Waals surface area contributed by atoms with Crippen LogP contribution >= 0.6 is 0 Å². The number of hydrogen-bond donors (Lipinski definition) is 0. The lowest BCUT2D eigenvalue weighted by Crippen LogP contribution is -2.30. The van der Waals surface area contributed by atoms with Gasteiger partial charge in [0.05, 0.1) is 0 Å². The third-order valence-electron chi connectivity index (χ3n) is 15.2. The molecule has 0 spiro atoms. The molecule has 6 heteroatoms. The summed E-state index contributed by atoms with van der Waals surface area (Å²) in [6, 6.07) is 0. The minimum absolute atomic E-state index is 0.0616. The summed E-state index contributed by atoms with van der Waals surface area (Å²) in [4.78, 5) is 38.4. The molecule has 0 rings (SSSR count). The van der Waals surface area contributed by atoms with Gasteiger partial charge in [-0.3, -0.25) is 14.4 Å². The van der Waals surface area contributed by atoms with Crippen LogP contribution in [0.2, 0.25) is 0 Å². The van der Waals surface area contributed by atoms with E-state index in [2.05, 4.69) is 34.6 Å². The number of carbonyl (C=O) groups excluding carboxylic acids is 3. The van der Waals surface area contributed by atoms with E-state index in [-0.39, 0.29) is 31.1 Å². The maximum atomic E-state index is 12.9. The van der Waals surface area contributed by atoms with E-state index < -0.39 is 6.10 Å². The van der Waals surface area contributed by atoms with Gasteiger partial charge in [-0.15, -0.1) is 0 Å². The van der Waals surface area contributed by atoms with Crippen LogP contribution in [0.3, 0.4) is 0 Å². The molecule has 0 N–H and O–H groups in total. The summed E-state index contributed by atoms with van der Waals surface area (Å²) in [6.45, 7) is 11.5. The second-order valence-corrected chi connectivity index (χ2v) is 23.7. The molecule has 0 aromatic heterocycles. The lowest BCUT2D eigenvalue weighted by atomic mass is 10.0. The second-order valence-electron chi connectivity index (χ2n) is 23.7. The van der Waals surface area contributed by atoms with Gasteiger partial charge in [-0.25, -0.2) is 0 Å². The van der Waals surface area contributed by atoms with E-state index in [9.17, 15) is 14.4 Å². The summed E-state index contributed by atoms with van der Waals surface area (Å²) in [7, 11) is 0. The van der Waals surface area contributed by atoms with Crippen molar-refractivity contribution in [3.63, 3.8) is 0 Å². The van der Waals surface area contributed by atoms with Crippen LogP contribution in [0.1, 0.15) is 375 Å². The van der Waals surface area contributed by atoms with Crippen molar-refractivity contribution in [2.45, 2.75) is 381 Å². The Balaban J connectivity index is 4.29. The Bertz CT molecular complexity index is 1100. The molecule has 6 nitrogen and oxygen atoms in total. The molecular formula is C66H128O6. The lowest BCUT2D eigenvalue weighted by molar-refractivity contribution is -0.167. The normalized spacial score (nSPS) is 12.0. The third-order valence-corrected chi connectivity index (χ3v) is 15.2. The monoisotopic (exact) mass is 1020 g/mol. The first-order valence-electron chi connectivity index (χ1n) is 32.7. The fourth-order valence-electron chi connectivity index (χ4n) is 10.3. The molecule has 1 atom stereocenters. The Morgan fingerprint density at radius 2 is 0.458 bits per heavy atom. The van der Waals surface area contributed by atoms with Crippen molar-refractivity contribution in [3.8, 4) is 0 Å². The number of carbonyl (C=O) groups is 3. The van der Waals surface area contributed by atoms with Gasteiger partial charge in [-0.05, 0) is 31.1 Å². The van der Waals surface area contributed by atoms with E-state index in [4.69, 9.17) is 14.2 Å².